The van der Waals surface area contributed by atoms with Crippen LogP contribution in [0.1, 0.15) is 31.2 Å². The average Bonchev–Trinajstić information content (AvgIpc) is 2.86. The zero-order valence-corrected chi connectivity index (χ0v) is 12.8. The summed E-state index contributed by atoms with van der Waals surface area (Å²) < 4.78 is 18.8. The first kappa shape index (κ1) is 15.4. The number of benzene rings is 1. The van der Waals surface area contributed by atoms with Crippen molar-refractivity contribution >= 4 is 23.2 Å². The number of hydrogen-bond acceptors (Lipinski definition) is 2. The lowest BCUT2D eigenvalue weighted by atomic mass is 10.1. The van der Waals surface area contributed by atoms with Crippen LogP contribution in [-0.2, 0) is 6.42 Å². The van der Waals surface area contributed by atoms with Gasteiger partial charge in [-0.05, 0) is 43.7 Å². The molecular weight excluding hydrogens is 300 g/mol. The Hall–Kier alpha value is -1.03. The first-order valence-electron chi connectivity index (χ1n) is 6.40. The van der Waals surface area contributed by atoms with Crippen LogP contribution in [0.15, 0.2) is 34.9 Å². The molecule has 0 bridgehead atoms. The van der Waals surface area contributed by atoms with E-state index in [-0.39, 0.29) is 17.1 Å². The molecule has 1 N–H and O–H groups in total. The molecule has 2 aromatic rings. The van der Waals surface area contributed by atoms with E-state index in [4.69, 9.17) is 27.6 Å². The maximum atomic E-state index is 13.5. The second-order valence-electron chi connectivity index (χ2n) is 4.86. The van der Waals surface area contributed by atoms with Crippen LogP contribution < -0.4 is 5.32 Å². The Morgan fingerprint density at radius 3 is 2.65 bits per heavy atom. The van der Waals surface area contributed by atoms with Crippen molar-refractivity contribution in [2.45, 2.75) is 32.4 Å². The molecule has 1 aromatic heterocycles. The molecule has 0 fully saturated rings. The predicted molar refractivity (Wildman–Crippen MR) is 79.8 cm³/mol. The van der Waals surface area contributed by atoms with Gasteiger partial charge in [-0.3, -0.25) is 0 Å². The van der Waals surface area contributed by atoms with Gasteiger partial charge in [-0.2, -0.15) is 0 Å². The first-order chi connectivity index (χ1) is 9.47. The van der Waals surface area contributed by atoms with Crippen LogP contribution in [0.2, 0.25) is 10.0 Å². The van der Waals surface area contributed by atoms with Crippen molar-refractivity contribution < 1.29 is 8.81 Å². The van der Waals surface area contributed by atoms with E-state index in [1.807, 2.05) is 26.0 Å². The van der Waals surface area contributed by atoms with E-state index in [9.17, 15) is 4.39 Å². The summed E-state index contributed by atoms with van der Waals surface area (Å²) in [6.45, 7) is 3.98. The monoisotopic (exact) mass is 315 g/mol. The summed E-state index contributed by atoms with van der Waals surface area (Å²) in [5.74, 6) is 0.448. The van der Waals surface area contributed by atoms with Gasteiger partial charge in [0, 0.05) is 23.5 Å². The average molecular weight is 316 g/mol. The van der Waals surface area contributed by atoms with Gasteiger partial charge < -0.3 is 9.73 Å². The first-order valence-corrected chi connectivity index (χ1v) is 7.16. The van der Waals surface area contributed by atoms with Gasteiger partial charge in [0.1, 0.15) is 11.6 Å². The third-order valence-corrected chi connectivity index (χ3v) is 3.75. The Morgan fingerprint density at radius 2 is 2.00 bits per heavy atom. The molecule has 0 aliphatic heterocycles. The van der Waals surface area contributed by atoms with Crippen molar-refractivity contribution in [1.29, 1.82) is 0 Å². The highest BCUT2D eigenvalue weighted by atomic mass is 35.5. The summed E-state index contributed by atoms with van der Waals surface area (Å²) in [4.78, 5) is 0. The van der Waals surface area contributed by atoms with Crippen molar-refractivity contribution in [3.8, 4) is 0 Å². The molecule has 1 aromatic carbocycles. The second kappa shape index (κ2) is 6.61. The summed E-state index contributed by atoms with van der Waals surface area (Å²) in [5.41, 5.74) is 0.694. The fraction of sp³-hybridized carbons (Fsp3) is 0.333. The fourth-order valence-electron chi connectivity index (χ4n) is 2.18. The molecule has 0 saturated carbocycles. The zero-order valence-electron chi connectivity index (χ0n) is 11.3. The largest absolute Gasteiger partial charge is 0.469 e. The predicted octanol–water partition coefficient (Wildman–Crippen LogP) is 5.01. The fourth-order valence-corrected chi connectivity index (χ4v) is 2.72. The maximum absolute atomic E-state index is 13.5. The molecule has 0 radical (unpaired) electrons. The molecule has 0 aliphatic carbocycles. The van der Waals surface area contributed by atoms with Crippen LogP contribution in [0.25, 0.3) is 0 Å². The standard InChI is InChI=1S/C15H16Cl2FNO/c1-9(6-11-4-3-5-20-11)19-10(2)12-7-15(18)14(17)8-13(12)16/h3-5,7-10,19H,6H2,1-2H3. The Bertz CT molecular complexity index is 572. The van der Waals surface area contributed by atoms with Gasteiger partial charge in [-0.1, -0.05) is 23.2 Å². The topological polar surface area (TPSA) is 25.2 Å². The third kappa shape index (κ3) is 3.75. The smallest absolute Gasteiger partial charge is 0.142 e. The van der Waals surface area contributed by atoms with Crippen molar-refractivity contribution in [3.63, 3.8) is 0 Å². The molecule has 0 saturated heterocycles. The van der Waals surface area contributed by atoms with E-state index in [0.29, 0.717) is 10.6 Å². The Morgan fingerprint density at radius 1 is 1.25 bits per heavy atom. The minimum atomic E-state index is -0.460. The summed E-state index contributed by atoms with van der Waals surface area (Å²) in [5, 5.41) is 3.86. The Kier molecular flexibility index (Phi) is 5.08. The Labute approximate surface area is 127 Å². The summed E-state index contributed by atoms with van der Waals surface area (Å²) >= 11 is 11.8. The number of nitrogens with one attached hydrogen (secondary N) is 1. The highest BCUT2D eigenvalue weighted by molar-refractivity contribution is 6.35. The lowest BCUT2D eigenvalue weighted by molar-refractivity contribution is 0.428. The lowest BCUT2D eigenvalue weighted by Gasteiger charge is -2.21. The van der Waals surface area contributed by atoms with Gasteiger partial charge in [0.25, 0.3) is 0 Å². The van der Waals surface area contributed by atoms with E-state index in [1.165, 1.54) is 12.1 Å². The number of hydrogen-bond donors (Lipinski definition) is 1. The molecule has 108 valence electrons. The van der Waals surface area contributed by atoms with Crippen molar-refractivity contribution in [1.82, 2.24) is 5.32 Å². The SMILES string of the molecule is CC(Cc1ccco1)NC(C)c1cc(F)c(Cl)cc1Cl. The van der Waals surface area contributed by atoms with Crippen LogP contribution in [0.3, 0.4) is 0 Å². The van der Waals surface area contributed by atoms with Crippen LogP contribution in [0, 0.1) is 5.82 Å². The number of furan rings is 1. The van der Waals surface area contributed by atoms with E-state index in [0.717, 1.165) is 12.2 Å². The Balaban J connectivity index is 2.04. The number of rotatable bonds is 5. The van der Waals surface area contributed by atoms with E-state index >= 15 is 0 Å². The molecule has 20 heavy (non-hydrogen) atoms. The van der Waals surface area contributed by atoms with Crippen LogP contribution in [0.5, 0.6) is 0 Å². The summed E-state index contributed by atoms with van der Waals surface area (Å²) in [6.07, 6.45) is 2.40. The van der Waals surface area contributed by atoms with Gasteiger partial charge >= 0.3 is 0 Å². The van der Waals surface area contributed by atoms with Crippen LogP contribution >= 0.6 is 23.2 Å². The number of halogens is 3. The quantitative estimate of drug-likeness (QED) is 0.785. The molecule has 0 spiro atoms. The van der Waals surface area contributed by atoms with Crippen molar-refractivity contribution in [3.05, 3.63) is 57.7 Å². The van der Waals surface area contributed by atoms with Crippen LogP contribution in [0.4, 0.5) is 4.39 Å². The molecule has 2 atom stereocenters. The van der Waals surface area contributed by atoms with Gasteiger partial charge in [0.2, 0.25) is 0 Å². The molecule has 2 unspecified atom stereocenters. The normalized spacial score (nSPS) is 14.2. The highest BCUT2D eigenvalue weighted by Crippen LogP contribution is 2.28. The molecule has 1 heterocycles. The van der Waals surface area contributed by atoms with Gasteiger partial charge in [0.05, 0.1) is 11.3 Å². The summed E-state index contributed by atoms with van der Waals surface area (Å²) in [7, 11) is 0. The molecular formula is C15H16Cl2FNO. The highest BCUT2D eigenvalue weighted by Gasteiger charge is 2.16. The van der Waals surface area contributed by atoms with Crippen LogP contribution in [-0.4, -0.2) is 6.04 Å². The molecule has 0 aliphatic rings. The minimum Gasteiger partial charge on any atom is -0.469 e. The molecule has 2 nitrogen and oxygen atoms in total. The summed E-state index contributed by atoms with van der Waals surface area (Å²) in [6, 6.07) is 6.69. The van der Waals surface area contributed by atoms with E-state index < -0.39 is 5.82 Å². The maximum Gasteiger partial charge on any atom is 0.142 e. The van der Waals surface area contributed by atoms with Gasteiger partial charge in [-0.15, -0.1) is 0 Å². The van der Waals surface area contributed by atoms with E-state index in [2.05, 4.69) is 5.32 Å². The second-order valence-corrected chi connectivity index (χ2v) is 5.68. The van der Waals surface area contributed by atoms with E-state index in [1.54, 1.807) is 6.26 Å². The molecule has 5 heteroatoms. The minimum absolute atomic E-state index is 0.0367. The van der Waals surface area contributed by atoms with Crippen molar-refractivity contribution in [2.75, 3.05) is 0 Å². The van der Waals surface area contributed by atoms with Crippen molar-refractivity contribution in [2.24, 2.45) is 0 Å². The van der Waals surface area contributed by atoms with Gasteiger partial charge in [0.15, 0.2) is 0 Å². The molecule has 2 rings (SSSR count). The lowest BCUT2D eigenvalue weighted by Crippen LogP contribution is -2.30. The molecule has 0 amide bonds. The zero-order chi connectivity index (χ0) is 14.7. The third-order valence-electron chi connectivity index (χ3n) is 3.13. The van der Waals surface area contributed by atoms with Gasteiger partial charge in [-0.25, -0.2) is 4.39 Å².